The highest BCUT2D eigenvalue weighted by Gasteiger charge is 2.38. The van der Waals surface area contributed by atoms with Crippen LogP contribution in [0.25, 0.3) is 10.2 Å². The Morgan fingerprint density at radius 2 is 2.00 bits per heavy atom. The van der Waals surface area contributed by atoms with Gasteiger partial charge in [0.05, 0.1) is 15.2 Å². The minimum absolute atomic E-state index is 0.297. The second-order valence-corrected chi connectivity index (χ2v) is 4.45. The molecule has 1 N–H and O–H groups in total. The number of hydrogen-bond acceptors (Lipinski definition) is 3. The molecule has 0 amide bonds. The Labute approximate surface area is 93.4 Å². The molecule has 2 nitrogen and oxygen atoms in total. The molecule has 0 fully saturated rings. The number of hydrogen-bond donors (Lipinski definition) is 1. The number of rotatable bonds is 2. The van der Waals surface area contributed by atoms with Gasteiger partial charge in [0.1, 0.15) is 0 Å². The highest BCUT2D eigenvalue weighted by atomic mass is 32.1. The lowest BCUT2D eigenvalue weighted by Gasteiger charge is -2.12. The van der Waals surface area contributed by atoms with Crippen LogP contribution in [0.2, 0.25) is 0 Å². The van der Waals surface area contributed by atoms with Gasteiger partial charge in [0.25, 0.3) is 0 Å². The van der Waals surface area contributed by atoms with Gasteiger partial charge in [-0.15, -0.1) is 11.3 Å². The van der Waals surface area contributed by atoms with Crippen LogP contribution in [0, 0.1) is 0 Å². The van der Waals surface area contributed by atoms with Gasteiger partial charge in [-0.05, 0) is 12.1 Å². The maximum atomic E-state index is 12.1. The molecular formula is C10H8F3NOS. The smallest absolute Gasteiger partial charge is 0.383 e. The van der Waals surface area contributed by atoms with Gasteiger partial charge in [0.2, 0.25) is 0 Å². The first-order valence-corrected chi connectivity index (χ1v) is 5.37. The number of para-hydroxylation sites is 1. The number of halogens is 3. The van der Waals surface area contributed by atoms with E-state index in [1.54, 1.807) is 24.3 Å². The highest BCUT2D eigenvalue weighted by Crippen LogP contribution is 2.27. The Kier molecular flexibility index (Phi) is 2.86. The summed E-state index contributed by atoms with van der Waals surface area (Å²) >= 11 is 1.17. The number of thiazole rings is 1. The number of benzene rings is 1. The monoisotopic (exact) mass is 247 g/mol. The molecule has 0 unspecified atom stereocenters. The van der Waals surface area contributed by atoms with Crippen LogP contribution in [0.1, 0.15) is 5.01 Å². The second kappa shape index (κ2) is 4.03. The van der Waals surface area contributed by atoms with E-state index in [2.05, 4.69) is 4.98 Å². The zero-order chi connectivity index (χ0) is 11.8. The lowest BCUT2D eigenvalue weighted by molar-refractivity contribution is -0.203. The molecule has 6 heteroatoms. The van der Waals surface area contributed by atoms with E-state index in [4.69, 9.17) is 5.11 Å². The van der Waals surface area contributed by atoms with E-state index in [1.807, 2.05) is 0 Å². The Hall–Kier alpha value is -1.14. The minimum atomic E-state index is -4.59. The van der Waals surface area contributed by atoms with Gasteiger partial charge in [-0.25, -0.2) is 4.98 Å². The zero-order valence-electron chi connectivity index (χ0n) is 8.03. The molecule has 16 heavy (non-hydrogen) atoms. The minimum Gasteiger partial charge on any atom is -0.383 e. The number of fused-ring (bicyclic) bond motifs is 1. The van der Waals surface area contributed by atoms with E-state index < -0.39 is 18.7 Å². The molecule has 2 aromatic rings. The summed E-state index contributed by atoms with van der Waals surface area (Å²) in [6, 6.07) is 7.09. The molecule has 0 aliphatic rings. The summed E-state index contributed by atoms with van der Waals surface area (Å²) < 4.78 is 37.2. The molecule has 86 valence electrons. The van der Waals surface area contributed by atoms with Crippen LogP contribution in [0.4, 0.5) is 13.2 Å². The van der Waals surface area contributed by atoms with Crippen molar-refractivity contribution >= 4 is 21.6 Å². The third-order valence-electron chi connectivity index (χ3n) is 2.08. The standard InChI is InChI=1S/C10H8F3NOS/c11-10(12,13)8(15)5-9-14-6-3-1-2-4-7(6)16-9/h1-4,8,15H,5H2/t8-/m1/s1. The van der Waals surface area contributed by atoms with Crippen LogP contribution in [0.3, 0.4) is 0 Å². The fourth-order valence-corrected chi connectivity index (χ4v) is 2.29. The molecule has 1 heterocycles. The summed E-state index contributed by atoms with van der Waals surface area (Å²) in [6.45, 7) is 0. The molecule has 0 spiro atoms. The Balaban J connectivity index is 2.22. The molecule has 2 rings (SSSR count). The van der Waals surface area contributed by atoms with Crippen LogP contribution in [0.5, 0.6) is 0 Å². The number of aliphatic hydroxyl groups excluding tert-OH is 1. The normalized spacial score (nSPS) is 14.2. The van der Waals surface area contributed by atoms with Crippen LogP contribution >= 0.6 is 11.3 Å². The summed E-state index contributed by atoms with van der Waals surface area (Å²) in [5.74, 6) is 0. The molecule has 0 radical (unpaired) electrons. The van der Waals surface area contributed by atoms with Crippen molar-refractivity contribution in [2.75, 3.05) is 0 Å². The summed E-state index contributed by atoms with van der Waals surface area (Å²) in [5.41, 5.74) is 0.664. The van der Waals surface area contributed by atoms with E-state index in [1.165, 1.54) is 11.3 Å². The van der Waals surface area contributed by atoms with Gasteiger partial charge in [-0.3, -0.25) is 0 Å². The number of aliphatic hydroxyl groups is 1. The van der Waals surface area contributed by atoms with Gasteiger partial charge in [-0.2, -0.15) is 13.2 Å². The maximum absolute atomic E-state index is 12.1. The summed E-state index contributed by atoms with van der Waals surface area (Å²) in [7, 11) is 0. The van der Waals surface area contributed by atoms with Crippen molar-refractivity contribution < 1.29 is 18.3 Å². The zero-order valence-corrected chi connectivity index (χ0v) is 8.85. The lowest BCUT2D eigenvalue weighted by atomic mass is 10.2. The molecule has 0 saturated carbocycles. The van der Waals surface area contributed by atoms with Crippen molar-refractivity contribution in [2.45, 2.75) is 18.7 Å². The van der Waals surface area contributed by atoms with E-state index in [9.17, 15) is 13.2 Å². The molecule has 0 aliphatic carbocycles. The predicted molar refractivity (Wildman–Crippen MR) is 55.4 cm³/mol. The van der Waals surface area contributed by atoms with Crippen molar-refractivity contribution in [3.63, 3.8) is 0 Å². The van der Waals surface area contributed by atoms with Crippen LogP contribution in [-0.2, 0) is 6.42 Å². The van der Waals surface area contributed by atoms with Gasteiger partial charge in [0, 0.05) is 6.42 Å². The Bertz CT molecular complexity index is 461. The van der Waals surface area contributed by atoms with Crippen molar-refractivity contribution in [3.05, 3.63) is 29.3 Å². The third-order valence-corrected chi connectivity index (χ3v) is 3.14. The van der Waals surface area contributed by atoms with Crippen LogP contribution < -0.4 is 0 Å². The summed E-state index contributed by atoms with van der Waals surface area (Å²) in [6.07, 6.45) is -7.41. The largest absolute Gasteiger partial charge is 0.414 e. The van der Waals surface area contributed by atoms with E-state index >= 15 is 0 Å². The first-order chi connectivity index (χ1) is 7.47. The Morgan fingerprint density at radius 3 is 2.62 bits per heavy atom. The quantitative estimate of drug-likeness (QED) is 0.885. The Morgan fingerprint density at radius 1 is 1.31 bits per heavy atom. The number of nitrogens with zero attached hydrogens (tertiary/aromatic N) is 1. The van der Waals surface area contributed by atoms with Crippen molar-refractivity contribution in [3.8, 4) is 0 Å². The fraction of sp³-hybridized carbons (Fsp3) is 0.300. The molecule has 1 aromatic carbocycles. The van der Waals surface area contributed by atoms with E-state index in [0.29, 0.717) is 10.5 Å². The topological polar surface area (TPSA) is 33.1 Å². The molecule has 0 saturated heterocycles. The molecule has 0 aliphatic heterocycles. The second-order valence-electron chi connectivity index (χ2n) is 3.34. The summed E-state index contributed by atoms with van der Waals surface area (Å²) in [4.78, 5) is 4.02. The summed E-state index contributed by atoms with van der Waals surface area (Å²) in [5, 5.41) is 9.20. The van der Waals surface area contributed by atoms with Gasteiger partial charge >= 0.3 is 6.18 Å². The first kappa shape index (κ1) is 11.3. The number of aromatic nitrogens is 1. The number of alkyl halides is 3. The van der Waals surface area contributed by atoms with Crippen LogP contribution in [0.15, 0.2) is 24.3 Å². The third kappa shape index (κ3) is 2.33. The molecule has 1 aromatic heterocycles. The van der Waals surface area contributed by atoms with Gasteiger partial charge in [-0.1, -0.05) is 12.1 Å². The fourth-order valence-electron chi connectivity index (χ4n) is 1.29. The SMILES string of the molecule is O[C@H](Cc1nc2ccccc2s1)C(F)(F)F. The lowest BCUT2D eigenvalue weighted by Crippen LogP contribution is -2.30. The predicted octanol–water partition coefficient (Wildman–Crippen LogP) is 2.76. The molecule has 1 atom stereocenters. The maximum Gasteiger partial charge on any atom is 0.414 e. The van der Waals surface area contributed by atoms with Crippen molar-refractivity contribution in [2.24, 2.45) is 0 Å². The van der Waals surface area contributed by atoms with Crippen molar-refractivity contribution in [1.82, 2.24) is 4.98 Å². The highest BCUT2D eigenvalue weighted by molar-refractivity contribution is 7.18. The van der Waals surface area contributed by atoms with Crippen molar-refractivity contribution in [1.29, 1.82) is 0 Å². The first-order valence-electron chi connectivity index (χ1n) is 4.56. The van der Waals surface area contributed by atoms with Gasteiger partial charge in [0.15, 0.2) is 6.10 Å². The molecule has 0 bridgehead atoms. The van der Waals surface area contributed by atoms with E-state index in [0.717, 1.165) is 4.70 Å². The van der Waals surface area contributed by atoms with E-state index in [-0.39, 0.29) is 0 Å². The average Bonchev–Trinajstić information content (AvgIpc) is 2.58. The van der Waals surface area contributed by atoms with Gasteiger partial charge < -0.3 is 5.11 Å². The average molecular weight is 247 g/mol. The molecular weight excluding hydrogens is 239 g/mol. The van der Waals surface area contributed by atoms with Crippen LogP contribution in [-0.4, -0.2) is 22.4 Å².